The maximum Gasteiger partial charge on any atom is 0.0393 e. The predicted octanol–water partition coefficient (Wildman–Crippen LogP) is 5.76. The molecule has 1 nitrogen and oxygen atoms in total. The Balaban J connectivity index is 1.73. The molecule has 0 aliphatic heterocycles. The minimum Gasteiger partial charge on any atom is -0.398 e. The number of hydrogen-bond donors (Lipinski definition) is 1. The van der Waals surface area contributed by atoms with Gasteiger partial charge in [0.15, 0.2) is 0 Å². The molecule has 23 heavy (non-hydrogen) atoms. The number of nitrogens with two attached hydrogens (primary N) is 1. The molecule has 0 atom stereocenters. The largest absolute Gasteiger partial charge is 0.398 e. The molecule has 4 aromatic carbocycles. The van der Waals surface area contributed by atoms with Crippen molar-refractivity contribution in [2.75, 3.05) is 5.73 Å². The lowest BCUT2D eigenvalue weighted by molar-refractivity contribution is 1.59. The van der Waals surface area contributed by atoms with E-state index in [0.29, 0.717) is 0 Å². The summed E-state index contributed by atoms with van der Waals surface area (Å²) in [6, 6.07) is 31.6. The molecule has 110 valence electrons. The second kappa shape index (κ2) is 5.62. The first-order valence-corrected chi connectivity index (χ1v) is 7.75. The highest BCUT2D eigenvalue weighted by Gasteiger charge is 2.03. The first-order chi connectivity index (χ1) is 11.3. The SMILES string of the molecule is Nc1ccccc1-c1ccc(-c2ccc3ccccc3c2)cc1. The number of benzene rings is 4. The van der Waals surface area contributed by atoms with Gasteiger partial charge in [-0.05, 0) is 39.6 Å². The minimum atomic E-state index is 0.811. The van der Waals surface area contributed by atoms with Gasteiger partial charge in [0.1, 0.15) is 0 Å². The molecule has 1 heteroatoms. The van der Waals surface area contributed by atoms with E-state index in [1.807, 2.05) is 18.2 Å². The van der Waals surface area contributed by atoms with Gasteiger partial charge in [-0.2, -0.15) is 0 Å². The Hall–Kier alpha value is -3.06. The molecule has 0 radical (unpaired) electrons. The number of rotatable bonds is 2. The summed E-state index contributed by atoms with van der Waals surface area (Å²) in [6.45, 7) is 0. The normalized spacial score (nSPS) is 10.8. The summed E-state index contributed by atoms with van der Waals surface area (Å²) in [6.07, 6.45) is 0. The van der Waals surface area contributed by atoms with E-state index in [1.54, 1.807) is 0 Å². The molecule has 0 saturated heterocycles. The van der Waals surface area contributed by atoms with Gasteiger partial charge in [-0.25, -0.2) is 0 Å². The van der Waals surface area contributed by atoms with E-state index < -0.39 is 0 Å². The molecule has 0 heterocycles. The molecule has 0 bridgehead atoms. The van der Waals surface area contributed by atoms with E-state index in [-0.39, 0.29) is 0 Å². The van der Waals surface area contributed by atoms with Crippen LogP contribution in [0.25, 0.3) is 33.0 Å². The van der Waals surface area contributed by atoms with Crippen molar-refractivity contribution in [2.24, 2.45) is 0 Å². The van der Waals surface area contributed by atoms with Crippen molar-refractivity contribution in [3.63, 3.8) is 0 Å². The van der Waals surface area contributed by atoms with Crippen molar-refractivity contribution in [1.82, 2.24) is 0 Å². The molecule has 0 spiro atoms. The third-order valence-corrected chi connectivity index (χ3v) is 4.24. The average molecular weight is 295 g/mol. The van der Waals surface area contributed by atoms with Crippen LogP contribution in [0.3, 0.4) is 0 Å². The van der Waals surface area contributed by atoms with Crippen molar-refractivity contribution in [1.29, 1.82) is 0 Å². The van der Waals surface area contributed by atoms with Crippen LogP contribution in [0.1, 0.15) is 0 Å². The van der Waals surface area contributed by atoms with Gasteiger partial charge in [-0.3, -0.25) is 0 Å². The zero-order chi connectivity index (χ0) is 15.6. The van der Waals surface area contributed by atoms with Gasteiger partial charge in [0.2, 0.25) is 0 Å². The van der Waals surface area contributed by atoms with E-state index in [1.165, 1.54) is 21.9 Å². The highest BCUT2D eigenvalue weighted by Crippen LogP contribution is 2.29. The lowest BCUT2D eigenvalue weighted by atomic mass is 9.98. The van der Waals surface area contributed by atoms with Gasteiger partial charge >= 0.3 is 0 Å². The molecule has 0 amide bonds. The van der Waals surface area contributed by atoms with E-state index in [9.17, 15) is 0 Å². The molecule has 0 aliphatic carbocycles. The fourth-order valence-electron chi connectivity index (χ4n) is 2.97. The van der Waals surface area contributed by atoms with Crippen molar-refractivity contribution in [3.8, 4) is 22.3 Å². The smallest absolute Gasteiger partial charge is 0.0393 e. The van der Waals surface area contributed by atoms with Gasteiger partial charge in [-0.15, -0.1) is 0 Å². The van der Waals surface area contributed by atoms with Crippen LogP contribution in [0.5, 0.6) is 0 Å². The van der Waals surface area contributed by atoms with Crippen LogP contribution in [0.4, 0.5) is 5.69 Å². The van der Waals surface area contributed by atoms with Gasteiger partial charge in [-0.1, -0.05) is 78.9 Å². The zero-order valence-corrected chi connectivity index (χ0v) is 12.7. The molecular formula is C22H17N. The number of hydrogen-bond acceptors (Lipinski definition) is 1. The molecule has 0 aliphatic rings. The number of nitrogen functional groups attached to an aromatic ring is 1. The van der Waals surface area contributed by atoms with Crippen molar-refractivity contribution >= 4 is 16.5 Å². The molecule has 0 fully saturated rings. The van der Waals surface area contributed by atoms with Crippen LogP contribution >= 0.6 is 0 Å². The molecule has 0 saturated carbocycles. The van der Waals surface area contributed by atoms with E-state index >= 15 is 0 Å². The van der Waals surface area contributed by atoms with Crippen molar-refractivity contribution in [3.05, 3.63) is 91.0 Å². The molecule has 2 N–H and O–H groups in total. The maximum absolute atomic E-state index is 6.06. The first-order valence-electron chi connectivity index (χ1n) is 7.75. The maximum atomic E-state index is 6.06. The Bertz CT molecular complexity index is 968. The summed E-state index contributed by atoms with van der Waals surface area (Å²) in [7, 11) is 0. The number of fused-ring (bicyclic) bond motifs is 1. The summed E-state index contributed by atoms with van der Waals surface area (Å²) in [5.41, 5.74) is 11.6. The fourth-order valence-corrected chi connectivity index (χ4v) is 2.97. The molecule has 0 aromatic heterocycles. The van der Waals surface area contributed by atoms with Crippen LogP contribution in [-0.4, -0.2) is 0 Å². The highest BCUT2D eigenvalue weighted by molar-refractivity contribution is 5.87. The van der Waals surface area contributed by atoms with E-state index in [0.717, 1.165) is 16.8 Å². The Morgan fingerprint density at radius 3 is 1.87 bits per heavy atom. The fraction of sp³-hybridized carbons (Fsp3) is 0. The predicted molar refractivity (Wildman–Crippen MR) is 99.2 cm³/mol. The second-order valence-electron chi connectivity index (χ2n) is 5.73. The molecular weight excluding hydrogens is 278 g/mol. The molecule has 0 unspecified atom stereocenters. The topological polar surface area (TPSA) is 26.0 Å². The van der Waals surface area contributed by atoms with Crippen LogP contribution in [0.2, 0.25) is 0 Å². The van der Waals surface area contributed by atoms with Crippen molar-refractivity contribution in [2.45, 2.75) is 0 Å². The lowest BCUT2D eigenvalue weighted by Crippen LogP contribution is -1.89. The van der Waals surface area contributed by atoms with E-state index in [2.05, 4.69) is 72.8 Å². The van der Waals surface area contributed by atoms with Gasteiger partial charge in [0, 0.05) is 11.3 Å². The molecule has 4 aromatic rings. The lowest BCUT2D eigenvalue weighted by Gasteiger charge is -2.08. The number of para-hydroxylation sites is 1. The van der Waals surface area contributed by atoms with E-state index in [4.69, 9.17) is 5.73 Å². The van der Waals surface area contributed by atoms with Gasteiger partial charge in [0.05, 0.1) is 0 Å². The summed E-state index contributed by atoms with van der Waals surface area (Å²) in [4.78, 5) is 0. The summed E-state index contributed by atoms with van der Waals surface area (Å²) < 4.78 is 0. The monoisotopic (exact) mass is 295 g/mol. The summed E-state index contributed by atoms with van der Waals surface area (Å²) in [5, 5.41) is 2.53. The third kappa shape index (κ3) is 2.58. The molecule has 4 rings (SSSR count). The van der Waals surface area contributed by atoms with Crippen LogP contribution in [0.15, 0.2) is 91.0 Å². The standard InChI is InChI=1S/C22H17N/c23-22-8-4-3-7-21(22)18-12-9-17(10-13-18)20-14-11-16-5-1-2-6-19(16)15-20/h1-15H,23H2. The van der Waals surface area contributed by atoms with Crippen molar-refractivity contribution < 1.29 is 0 Å². The Labute approximate surface area is 136 Å². The third-order valence-electron chi connectivity index (χ3n) is 4.24. The number of anilines is 1. The first kappa shape index (κ1) is 13.6. The second-order valence-corrected chi connectivity index (χ2v) is 5.73. The Morgan fingerprint density at radius 2 is 1.09 bits per heavy atom. The van der Waals surface area contributed by atoms with Crippen LogP contribution in [-0.2, 0) is 0 Å². The zero-order valence-electron chi connectivity index (χ0n) is 12.7. The Morgan fingerprint density at radius 1 is 0.478 bits per heavy atom. The van der Waals surface area contributed by atoms with Gasteiger partial charge in [0.25, 0.3) is 0 Å². The Kier molecular flexibility index (Phi) is 3.32. The van der Waals surface area contributed by atoms with Gasteiger partial charge < -0.3 is 5.73 Å². The van der Waals surface area contributed by atoms with Crippen LogP contribution < -0.4 is 5.73 Å². The quantitative estimate of drug-likeness (QED) is 0.468. The minimum absolute atomic E-state index is 0.811. The average Bonchev–Trinajstić information content (AvgIpc) is 2.62. The van der Waals surface area contributed by atoms with Crippen LogP contribution in [0, 0.1) is 0 Å². The summed E-state index contributed by atoms with van der Waals surface area (Å²) in [5.74, 6) is 0. The summed E-state index contributed by atoms with van der Waals surface area (Å²) >= 11 is 0. The highest BCUT2D eigenvalue weighted by atomic mass is 14.6.